The monoisotopic (exact) mass is 172 g/mol. The lowest BCUT2D eigenvalue weighted by molar-refractivity contribution is 0.342. The molecule has 2 aromatic rings. The molecule has 0 spiro atoms. The van der Waals surface area contributed by atoms with Crippen molar-refractivity contribution < 1.29 is 17.6 Å². The first-order chi connectivity index (χ1) is 5.70. The van der Waals surface area contributed by atoms with Gasteiger partial charge in [-0.2, -0.15) is 8.78 Å². The van der Waals surface area contributed by atoms with E-state index in [1.807, 2.05) is 0 Å². The number of rotatable bonds is 0. The van der Waals surface area contributed by atoms with E-state index in [-0.39, 0.29) is 5.58 Å². The van der Waals surface area contributed by atoms with Crippen LogP contribution < -0.4 is 0 Å². The van der Waals surface area contributed by atoms with Crippen molar-refractivity contribution in [1.82, 2.24) is 0 Å². The molecule has 1 aromatic carbocycles. The molecule has 0 radical (unpaired) electrons. The average molecular weight is 172 g/mol. The van der Waals surface area contributed by atoms with Crippen LogP contribution in [0.1, 0.15) is 0 Å². The number of hydrogen-bond acceptors (Lipinski definition) is 1. The maximum Gasteiger partial charge on any atom is 0.315 e. The van der Waals surface area contributed by atoms with E-state index in [1.54, 1.807) is 0 Å². The minimum absolute atomic E-state index is 0.120. The minimum atomic E-state index is -1.38. The molecule has 1 aromatic heterocycles. The van der Waals surface area contributed by atoms with Crippen molar-refractivity contribution in [3.05, 3.63) is 35.8 Å². The highest BCUT2D eigenvalue weighted by atomic mass is 19.2. The van der Waals surface area contributed by atoms with Crippen LogP contribution in [0, 0.1) is 17.6 Å². The molecule has 0 N–H and O–H groups in total. The van der Waals surface area contributed by atoms with Gasteiger partial charge in [0.2, 0.25) is 5.82 Å². The Hall–Kier alpha value is -1.45. The van der Waals surface area contributed by atoms with Crippen LogP contribution in [-0.4, -0.2) is 0 Å². The number of furan rings is 1. The SMILES string of the molecule is Fc1oc2cccc(F)c2c1F. The first-order valence-electron chi connectivity index (χ1n) is 3.22. The largest absolute Gasteiger partial charge is 0.429 e. The lowest BCUT2D eigenvalue weighted by Crippen LogP contribution is -1.78. The maximum absolute atomic E-state index is 12.8. The van der Waals surface area contributed by atoms with Gasteiger partial charge in [-0.1, -0.05) is 6.07 Å². The van der Waals surface area contributed by atoms with Gasteiger partial charge in [0.15, 0.2) is 0 Å². The Morgan fingerprint density at radius 2 is 1.83 bits per heavy atom. The molecule has 62 valence electrons. The van der Waals surface area contributed by atoms with Gasteiger partial charge >= 0.3 is 6.01 Å². The molecule has 4 heteroatoms. The van der Waals surface area contributed by atoms with E-state index in [9.17, 15) is 13.2 Å². The highest BCUT2D eigenvalue weighted by molar-refractivity contribution is 5.78. The summed E-state index contributed by atoms with van der Waals surface area (Å²) in [7, 11) is 0. The zero-order chi connectivity index (χ0) is 8.72. The number of fused-ring (bicyclic) bond motifs is 1. The molecule has 0 aliphatic carbocycles. The van der Waals surface area contributed by atoms with Gasteiger partial charge in [-0.15, -0.1) is 0 Å². The van der Waals surface area contributed by atoms with E-state index < -0.39 is 23.0 Å². The van der Waals surface area contributed by atoms with Crippen molar-refractivity contribution in [2.45, 2.75) is 0 Å². The Morgan fingerprint density at radius 1 is 1.08 bits per heavy atom. The van der Waals surface area contributed by atoms with Crippen LogP contribution in [-0.2, 0) is 0 Å². The Morgan fingerprint density at radius 3 is 2.50 bits per heavy atom. The van der Waals surface area contributed by atoms with Crippen LogP contribution in [0.25, 0.3) is 11.0 Å². The first-order valence-corrected chi connectivity index (χ1v) is 3.22. The Labute approximate surface area is 65.4 Å². The van der Waals surface area contributed by atoms with Crippen LogP contribution in [0.4, 0.5) is 13.2 Å². The van der Waals surface area contributed by atoms with E-state index in [1.165, 1.54) is 12.1 Å². The van der Waals surface area contributed by atoms with Crippen LogP contribution in [0.2, 0.25) is 0 Å². The Kier molecular flexibility index (Phi) is 1.36. The van der Waals surface area contributed by atoms with E-state index >= 15 is 0 Å². The molecule has 0 saturated heterocycles. The Balaban J connectivity index is 2.97. The van der Waals surface area contributed by atoms with Gasteiger partial charge in [-0.25, -0.2) is 4.39 Å². The highest BCUT2D eigenvalue weighted by Crippen LogP contribution is 2.25. The summed E-state index contributed by atoms with van der Waals surface area (Å²) < 4.78 is 42.2. The number of halogens is 3. The molecule has 1 heterocycles. The standard InChI is InChI=1S/C8H3F3O/c9-4-2-1-3-5-6(4)7(10)8(11)12-5/h1-3H. The fraction of sp³-hybridized carbons (Fsp3) is 0. The Bertz CT molecular complexity index is 433. The minimum Gasteiger partial charge on any atom is -0.429 e. The third kappa shape index (κ3) is 0.809. The summed E-state index contributed by atoms with van der Waals surface area (Å²) in [6.45, 7) is 0. The van der Waals surface area contributed by atoms with E-state index in [0.29, 0.717) is 0 Å². The second-order valence-corrected chi connectivity index (χ2v) is 2.30. The summed E-state index contributed by atoms with van der Waals surface area (Å²) in [5.74, 6) is -2.10. The molecule has 0 saturated carbocycles. The summed E-state index contributed by atoms with van der Waals surface area (Å²) in [6, 6.07) is 2.28. The predicted molar refractivity (Wildman–Crippen MR) is 36.1 cm³/mol. The normalized spacial score (nSPS) is 10.9. The molecule has 0 aliphatic heterocycles. The predicted octanol–water partition coefficient (Wildman–Crippen LogP) is 2.85. The first kappa shape index (κ1) is 7.21. The van der Waals surface area contributed by atoms with Crippen molar-refractivity contribution in [3.63, 3.8) is 0 Å². The van der Waals surface area contributed by atoms with Crippen molar-refractivity contribution >= 4 is 11.0 Å². The molecule has 0 bridgehead atoms. The van der Waals surface area contributed by atoms with Gasteiger partial charge in [0.05, 0.1) is 5.39 Å². The smallest absolute Gasteiger partial charge is 0.315 e. The molecule has 12 heavy (non-hydrogen) atoms. The second-order valence-electron chi connectivity index (χ2n) is 2.30. The van der Waals surface area contributed by atoms with Crippen LogP contribution in [0.5, 0.6) is 0 Å². The van der Waals surface area contributed by atoms with Gasteiger partial charge in [-0.3, -0.25) is 0 Å². The number of hydrogen-bond donors (Lipinski definition) is 0. The average Bonchev–Trinajstić information content (AvgIpc) is 2.29. The molecule has 0 unspecified atom stereocenters. The molecule has 0 fully saturated rings. The lowest BCUT2D eigenvalue weighted by Gasteiger charge is -1.87. The molecule has 2 rings (SSSR count). The maximum atomic E-state index is 12.8. The summed E-state index contributed by atoms with van der Waals surface area (Å²) in [5, 5.41) is -0.435. The third-order valence-electron chi connectivity index (χ3n) is 1.57. The van der Waals surface area contributed by atoms with E-state index in [0.717, 1.165) is 6.07 Å². The lowest BCUT2D eigenvalue weighted by atomic mass is 10.2. The van der Waals surface area contributed by atoms with Gasteiger partial charge in [0.25, 0.3) is 0 Å². The van der Waals surface area contributed by atoms with Crippen LogP contribution in [0.3, 0.4) is 0 Å². The molecule has 0 amide bonds. The zero-order valence-electron chi connectivity index (χ0n) is 5.77. The summed E-state index contributed by atoms with van der Waals surface area (Å²) >= 11 is 0. The molecular formula is C8H3F3O. The van der Waals surface area contributed by atoms with Gasteiger partial charge < -0.3 is 4.42 Å². The van der Waals surface area contributed by atoms with Crippen molar-refractivity contribution in [2.24, 2.45) is 0 Å². The van der Waals surface area contributed by atoms with Gasteiger partial charge in [0, 0.05) is 0 Å². The second kappa shape index (κ2) is 2.27. The van der Waals surface area contributed by atoms with Gasteiger partial charge in [-0.05, 0) is 12.1 Å². The molecular weight excluding hydrogens is 169 g/mol. The topological polar surface area (TPSA) is 13.1 Å². The summed E-state index contributed by atoms with van der Waals surface area (Å²) in [5.41, 5.74) is -0.120. The van der Waals surface area contributed by atoms with E-state index in [4.69, 9.17) is 0 Å². The fourth-order valence-corrected chi connectivity index (χ4v) is 1.04. The zero-order valence-corrected chi connectivity index (χ0v) is 5.77. The van der Waals surface area contributed by atoms with Gasteiger partial charge in [0.1, 0.15) is 11.4 Å². The van der Waals surface area contributed by atoms with Crippen LogP contribution >= 0.6 is 0 Å². The molecule has 0 aliphatic rings. The number of benzene rings is 1. The fourth-order valence-electron chi connectivity index (χ4n) is 1.04. The van der Waals surface area contributed by atoms with Crippen molar-refractivity contribution in [3.8, 4) is 0 Å². The third-order valence-corrected chi connectivity index (χ3v) is 1.57. The van der Waals surface area contributed by atoms with E-state index in [2.05, 4.69) is 4.42 Å². The van der Waals surface area contributed by atoms with Crippen LogP contribution in [0.15, 0.2) is 22.6 Å². The quantitative estimate of drug-likeness (QED) is 0.595. The summed E-state index contributed by atoms with van der Waals surface area (Å²) in [6.07, 6.45) is 0. The molecule has 1 nitrogen and oxygen atoms in total. The van der Waals surface area contributed by atoms with Crippen molar-refractivity contribution in [1.29, 1.82) is 0 Å². The van der Waals surface area contributed by atoms with Crippen molar-refractivity contribution in [2.75, 3.05) is 0 Å². The highest BCUT2D eigenvalue weighted by Gasteiger charge is 2.16. The molecule has 0 atom stereocenters. The summed E-state index contributed by atoms with van der Waals surface area (Å²) in [4.78, 5) is 0.